The fourth-order valence-corrected chi connectivity index (χ4v) is 4.05. The first kappa shape index (κ1) is 16.2. The van der Waals surface area contributed by atoms with Crippen LogP contribution in [0.15, 0.2) is 23.1 Å². The van der Waals surface area contributed by atoms with E-state index in [1.165, 1.54) is 38.5 Å². The van der Waals surface area contributed by atoms with E-state index in [4.69, 9.17) is 11.1 Å². The van der Waals surface area contributed by atoms with Crippen LogP contribution in [0.25, 0.3) is 0 Å². The number of nitrogens with one attached hydrogen (secondary N) is 1. The number of nitrogens with zero attached hydrogens (tertiary/aromatic N) is 1. The number of thioether (sulfide) groups is 1. The predicted octanol–water partition coefficient (Wildman–Crippen LogP) is 4.24. The van der Waals surface area contributed by atoms with Crippen LogP contribution in [0.4, 0.5) is 5.69 Å². The summed E-state index contributed by atoms with van der Waals surface area (Å²) in [6.45, 7) is 2.14. The minimum Gasteiger partial charge on any atom is -0.384 e. The molecule has 0 aromatic heterocycles. The SMILES string of the molecule is CCSc1cccc(N(C)C2CCCCCC2)c1C(=N)N. The van der Waals surface area contributed by atoms with Crippen LogP contribution in [0.2, 0.25) is 0 Å². The molecule has 0 radical (unpaired) electrons. The van der Waals surface area contributed by atoms with E-state index in [2.05, 4.69) is 37.1 Å². The number of nitrogen functional groups attached to an aromatic ring is 1. The van der Waals surface area contributed by atoms with E-state index < -0.39 is 0 Å². The molecule has 4 heteroatoms. The third kappa shape index (κ3) is 3.94. The van der Waals surface area contributed by atoms with Crippen LogP contribution in [0.3, 0.4) is 0 Å². The fourth-order valence-electron chi connectivity index (χ4n) is 3.20. The fraction of sp³-hybridized carbons (Fsp3) is 0.588. The second-order valence-corrected chi connectivity index (χ2v) is 7.06. The Morgan fingerprint density at radius 3 is 2.52 bits per heavy atom. The second-order valence-electron chi connectivity index (χ2n) is 5.75. The van der Waals surface area contributed by atoms with Gasteiger partial charge < -0.3 is 10.6 Å². The van der Waals surface area contributed by atoms with Crippen molar-refractivity contribution in [2.45, 2.75) is 56.4 Å². The highest BCUT2D eigenvalue weighted by Gasteiger charge is 2.21. The minimum atomic E-state index is 0.182. The van der Waals surface area contributed by atoms with Gasteiger partial charge in [-0.25, -0.2) is 0 Å². The topological polar surface area (TPSA) is 53.1 Å². The van der Waals surface area contributed by atoms with Crippen LogP contribution in [-0.4, -0.2) is 24.7 Å². The molecular formula is C17H27N3S. The Labute approximate surface area is 132 Å². The van der Waals surface area contributed by atoms with Gasteiger partial charge in [-0.05, 0) is 30.7 Å². The van der Waals surface area contributed by atoms with Crippen molar-refractivity contribution in [2.24, 2.45) is 5.73 Å². The van der Waals surface area contributed by atoms with Crippen molar-refractivity contribution < 1.29 is 0 Å². The van der Waals surface area contributed by atoms with E-state index in [9.17, 15) is 0 Å². The van der Waals surface area contributed by atoms with E-state index in [0.717, 1.165) is 21.9 Å². The second kappa shape index (κ2) is 7.74. The normalized spacial score (nSPS) is 16.5. The summed E-state index contributed by atoms with van der Waals surface area (Å²) in [6, 6.07) is 6.86. The Morgan fingerprint density at radius 1 is 1.29 bits per heavy atom. The lowest BCUT2D eigenvalue weighted by Gasteiger charge is -2.31. The van der Waals surface area contributed by atoms with Crippen molar-refractivity contribution in [3.8, 4) is 0 Å². The number of rotatable bonds is 5. The van der Waals surface area contributed by atoms with Gasteiger partial charge in [-0.15, -0.1) is 11.8 Å². The van der Waals surface area contributed by atoms with Gasteiger partial charge in [-0.2, -0.15) is 0 Å². The number of anilines is 1. The summed E-state index contributed by atoms with van der Waals surface area (Å²) in [5, 5.41) is 7.98. The molecule has 0 atom stereocenters. The van der Waals surface area contributed by atoms with Crippen LogP contribution < -0.4 is 10.6 Å². The first-order valence-corrected chi connectivity index (χ1v) is 8.96. The highest BCUT2D eigenvalue weighted by molar-refractivity contribution is 7.99. The molecule has 2 rings (SSSR count). The van der Waals surface area contributed by atoms with Gasteiger partial charge in [0.05, 0.1) is 5.56 Å². The van der Waals surface area contributed by atoms with Crippen LogP contribution in [0.1, 0.15) is 51.0 Å². The Bertz CT molecular complexity index is 479. The molecule has 21 heavy (non-hydrogen) atoms. The number of hydrogen-bond donors (Lipinski definition) is 2. The molecule has 0 bridgehead atoms. The third-order valence-electron chi connectivity index (χ3n) is 4.33. The quantitative estimate of drug-likeness (QED) is 0.370. The van der Waals surface area contributed by atoms with Gasteiger partial charge in [0.1, 0.15) is 5.84 Å². The lowest BCUT2D eigenvalue weighted by atomic mass is 10.0. The summed E-state index contributed by atoms with van der Waals surface area (Å²) in [6.07, 6.45) is 7.84. The first-order chi connectivity index (χ1) is 10.1. The molecule has 1 fully saturated rings. The number of amidine groups is 1. The first-order valence-electron chi connectivity index (χ1n) is 7.98. The molecule has 1 aliphatic carbocycles. The van der Waals surface area contributed by atoms with Crippen molar-refractivity contribution >= 4 is 23.3 Å². The standard InChI is InChI=1S/C17H27N3S/c1-3-21-15-12-8-11-14(16(15)17(18)19)20(2)13-9-6-4-5-7-10-13/h8,11-13H,3-7,9-10H2,1-2H3,(H3,18,19). The molecule has 0 saturated heterocycles. The molecule has 1 aromatic rings. The Hall–Kier alpha value is -1.16. The van der Waals surface area contributed by atoms with Crippen LogP contribution in [-0.2, 0) is 0 Å². The van der Waals surface area contributed by atoms with E-state index in [1.807, 2.05) is 0 Å². The van der Waals surface area contributed by atoms with Gasteiger partial charge >= 0.3 is 0 Å². The molecule has 3 N–H and O–H groups in total. The molecule has 116 valence electrons. The largest absolute Gasteiger partial charge is 0.384 e. The van der Waals surface area contributed by atoms with Crippen LogP contribution >= 0.6 is 11.8 Å². The molecule has 0 unspecified atom stereocenters. The molecule has 0 amide bonds. The summed E-state index contributed by atoms with van der Waals surface area (Å²) in [7, 11) is 2.16. The number of hydrogen-bond acceptors (Lipinski definition) is 3. The Balaban J connectivity index is 2.32. The zero-order valence-corrected chi connectivity index (χ0v) is 14.0. The summed E-state index contributed by atoms with van der Waals surface area (Å²) < 4.78 is 0. The zero-order valence-electron chi connectivity index (χ0n) is 13.2. The van der Waals surface area contributed by atoms with E-state index in [0.29, 0.717) is 6.04 Å². The van der Waals surface area contributed by atoms with Gasteiger partial charge in [0, 0.05) is 23.7 Å². The molecule has 3 nitrogen and oxygen atoms in total. The minimum absolute atomic E-state index is 0.182. The lowest BCUT2D eigenvalue weighted by Crippen LogP contribution is -2.33. The summed E-state index contributed by atoms with van der Waals surface area (Å²) >= 11 is 1.77. The molecule has 0 spiro atoms. The average Bonchev–Trinajstić information content (AvgIpc) is 2.75. The van der Waals surface area contributed by atoms with Gasteiger partial charge in [0.2, 0.25) is 0 Å². The Kier molecular flexibility index (Phi) is 5.97. The van der Waals surface area contributed by atoms with Crippen molar-refractivity contribution in [1.29, 1.82) is 5.41 Å². The zero-order chi connectivity index (χ0) is 15.2. The smallest absolute Gasteiger partial charge is 0.126 e. The summed E-state index contributed by atoms with van der Waals surface area (Å²) in [5.74, 6) is 1.18. The molecule has 1 saturated carbocycles. The molecule has 1 aromatic carbocycles. The summed E-state index contributed by atoms with van der Waals surface area (Å²) in [4.78, 5) is 3.49. The maximum absolute atomic E-state index is 7.98. The highest BCUT2D eigenvalue weighted by atomic mass is 32.2. The highest BCUT2D eigenvalue weighted by Crippen LogP contribution is 2.33. The van der Waals surface area contributed by atoms with E-state index in [-0.39, 0.29) is 5.84 Å². The monoisotopic (exact) mass is 305 g/mol. The van der Waals surface area contributed by atoms with Gasteiger partial charge in [0.15, 0.2) is 0 Å². The molecule has 1 aliphatic rings. The Morgan fingerprint density at radius 2 is 1.95 bits per heavy atom. The van der Waals surface area contributed by atoms with E-state index >= 15 is 0 Å². The number of nitrogens with two attached hydrogens (primary N) is 1. The van der Waals surface area contributed by atoms with Crippen LogP contribution in [0.5, 0.6) is 0 Å². The maximum Gasteiger partial charge on any atom is 0.126 e. The molecule has 0 heterocycles. The maximum atomic E-state index is 7.98. The third-order valence-corrected chi connectivity index (χ3v) is 5.27. The van der Waals surface area contributed by atoms with Crippen molar-refractivity contribution in [3.05, 3.63) is 23.8 Å². The lowest BCUT2D eigenvalue weighted by molar-refractivity contribution is 0.552. The van der Waals surface area contributed by atoms with Gasteiger partial charge in [-0.3, -0.25) is 5.41 Å². The summed E-state index contributed by atoms with van der Waals surface area (Å²) in [5.41, 5.74) is 7.92. The van der Waals surface area contributed by atoms with Gasteiger partial charge in [0.25, 0.3) is 0 Å². The number of benzene rings is 1. The van der Waals surface area contributed by atoms with Crippen LogP contribution in [0, 0.1) is 5.41 Å². The van der Waals surface area contributed by atoms with Crippen molar-refractivity contribution in [2.75, 3.05) is 17.7 Å². The van der Waals surface area contributed by atoms with Crippen molar-refractivity contribution in [3.63, 3.8) is 0 Å². The molecular weight excluding hydrogens is 278 g/mol. The van der Waals surface area contributed by atoms with E-state index in [1.54, 1.807) is 11.8 Å². The van der Waals surface area contributed by atoms with Crippen molar-refractivity contribution in [1.82, 2.24) is 0 Å². The van der Waals surface area contributed by atoms with Gasteiger partial charge in [-0.1, -0.05) is 38.7 Å². The predicted molar refractivity (Wildman–Crippen MR) is 93.7 cm³/mol. The average molecular weight is 305 g/mol. The molecule has 0 aliphatic heterocycles.